The van der Waals surface area contributed by atoms with Gasteiger partial charge in [0.05, 0.1) is 12.2 Å². The lowest BCUT2D eigenvalue weighted by atomic mass is 10.1. The van der Waals surface area contributed by atoms with Gasteiger partial charge in [-0.05, 0) is 27.7 Å². The summed E-state index contributed by atoms with van der Waals surface area (Å²) in [5, 5.41) is 3.02. The van der Waals surface area contributed by atoms with Crippen LogP contribution in [-0.2, 0) is 4.74 Å². The summed E-state index contributed by atoms with van der Waals surface area (Å²) in [6, 6.07) is 0. The largest absolute Gasteiger partial charge is 0.372 e. The highest BCUT2D eigenvalue weighted by molar-refractivity contribution is 5.45. The van der Waals surface area contributed by atoms with Crippen LogP contribution in [0.2, 0.25) is 0 Å². The molecule has 0 unspecified atom stereocenters. The van der Waals surface area contributed by atoms with E-state index < -0.39 is 0 Å². The number of nitrogens with zero attached hydrogens (tertiary/aromatic N) is 5. The highest BCUT2D eigenvalue weighted by Gasteiger charge is 2.29. The number of anilines is 3. The van der Waals surface area contributed by atoms with Crippen molar-refractivity contribution < 1.29 is 4.74 Å². The number of hydrogen-bond acceptors (Lipinski definition) is 7. The van der Waals surface area contributed by atoms with Crippen LogP contribution in [0.5, 0.6) is 0 Å². The fraction of sp³-hybridized carbons (Fsp3) is 0.786. The molecule has 21 heavy (non-hydrogen) atoms. The van der Waals surface area contributed by atoms with Crippen LogP contribution in [0.3, 0.4) is 0 Å². The third kappa shape index (κ3) is 3.72. The fourth-order valence-electron chi connectivity index (χ4n) is 2.44. The minimum Gasteiger partial charge on any atom is -0.372 e. The van der Waals surface area contributed by atoms with Crippen molar-refractivity contribution in [3.05, 3.63) is 0 Å². The minimum atomic E-state index is -0.181. The zero-order chi connectivity index (χ0) is 15.5. The Balaban J connectivity index is 2.32. The highest BCUT2D eigenvalue weighted by Crippen LogP contribution is 2.22. The number of ether oxygens (including phenoxy) is 1. The number of hydrogen-bond donors (Lipinski definition) is 1. The van der Waals surface area contributed by atoms with Crippen molar-refractivity contribution in [1.82, 2.24) is 15.0 Å². The van der Waals surface area contributed by atoms with E-state index in [9.17, 15) is 0 Å². The summed E-state index contributed by atoms with van der Waals surface area (Å²) in [5.41, 5.74) is -0.181. The molecule has 1 N–H and O–H groups in total. The first-order valence-corrected chi connectivity index (χ1v) is 7.56. The van der Waals surface area contributed by atoms with E-state index in [1.165, 1.54) is 0 Å². The Morgan fingerprint density at radius 3 is 2.52 bits per heavy atom. The predicted octanol–water partition coefficient (Wildman–Crippen LogP) is 1.37. The third-order valence-electron chi connectivity index (χ3n) is 3.59. The van der Waals surface area contributed by atoms with Crippen molar-refractivity contribution in [1.29, 1.82) is 0 Å². The normalized spacial score (nSPS) is 17.7. The average molecular weight is 294 g/mol. The SMILES string of the molecule is CCN(CC)c1nc(NC)nc(N2CCOC(C)(C)C2)n1. The molecular formula is C14H26N6O. The average Bonchev–Trinajstić information content (AvgIpc) is 2.47. The summed E-state index contributed by atoms with van der Waals surface area (Å²) in [7, 11) is 1.83. The molecule has 2 heterocycles. The standard InChI is InChI=1S/C14H26N6O/c1-6-19(7-2)12-16-11(15-5)17-13(18-12)20-8-9-21-14(3,4)10-20/h6-10H2,1-5H3,(H,15,16,17,18). The van der Waals surface area contributed by atoms with Gasteiger partial charge in [-0.15, -0.1) is 0 Å². The van der Waals surface area contributed by atoms with Crippen LogP contribution in [0.15, 0.2) is 0 Å². The smallest absolute Gasteiger partial charge is 0.232 e. The summed E-state index contributed by atoms with van der Waals surface area (Å²) in [6.07, 6.45) is 0. The first-order valence-electron chi connectivity index (χ1n) is 7.56. The lowest BCUT2D eigenvalue weighted by Gasteiger charge is -2.38. The topological polar surface area (TPSA) is 66.4 Å². The Morgan fingerprint density at radius 2 is 1.95 bits per heavy atom. The molecule has 0 radical (unpaired) electrons. The Morgan fingerprint density at radius 1 is 1.24 bits per heavy atom. The number of aromatic nitrogens is 3. The predicted molar refractivity (Wildman–Crippen MR) is 85.2 cm³/mol. The van der Waals surface area contributed by atoms with E-state index in [2.05, 4.69) is 57.8 Å². The molecule has 118 valence electrons. The highest BCUT2D eigenvalue weighted by atomic mass is 16.5. The first-order chi connectivity index (χ1) is 9.99. The second kappa shape index (κ2) is 6.43. The molecule has 0 aliphatic carbocycles. The van der Waals surface area contributed by atoms with Crippen molar-refractivity contribution in [2.45, 2.75) is 33.3 Å². The van der Waals surface area contributed by atoms with Crippen molar-refractivity contribution >= 4 is 17.8 Å². The van der Waals surface area contributed by atoms with Gasteiger partial charge in [0.25, 0.3) is 0 Å². The first kappa shape index (κ1) is 15.8. The zero-order valence-electron chi connectivity index (χ0n) is 13.7. The maximum Gasteiger partial charge on any atom is 0.232 e. The molecule has 1 fully saturated rings. The van der Waals surface area contributed by atoms with Gasteiger partial charge in [-0.3, -0.25) is 0 Å². The zero-order valence-corrected chi connectivity index (χ0v) is 13.7. The summed E-state index contributed by atoms with van der Waals surface area (Å²) in [6.45, 7) is 12.4. The van der Waals surface area contributed by atoms with Gasteiger partial charge in [-0.1, -0.05) is 0 Å². The van der Waals surface area contributed by atoms with Crippen molar-refractivity contribution in [2.75, 3.05) is 55.0 Å². The molecule has 2 rings (SSSR count). The molecular weight excluding hydrogens is 268 g/mol. The summed E-state index contributed by atoms with van der Waals surface area (Å²) < 4.78 is 5.75. The summed E-state index contributed by atoms with van der Waals surface area (Å²) in [4.78, 5) is 17.9. The number of nitrogens with one attached hydrogen (secondary N) is 1. The lowest BCUT2D eigenvalue weighted by Crippen LogP contribution is -2.49. The second-order valence-corrected chi connectivity index (χ2v) is 5.71. The Hall–Kier alpha value is -1.63. The molecule has 1 saturated heterocycles. The van der Waals surface area contributed by atoms with Gasteiger partial charge in [0.15, 0.2) is 0 Å². The van der Waals surface area contributed by atoms with Crippen molar-refractivity contribution in [2.24, 2.45) is 0 Å². The molecule has 7 nitrogen and oxygen atoms in total. The molecule has 1 aromatic rings. The molecule has 1 aliphatic heterocycles. The number of morpholine rings is 1. The van der Waals surface area contributed by atoms with Gasteiger partial charge in [0.1, 0.15) is 0 Å². The molecule has 0 spiro atoms. The third-order valence-corrected chi connectivity index (χ3v) is 3.59. The Labute approximate surface area is 126 Å². The molecule has 0 saturated carbocycles. The Bertz CT molecular complexity index is 475. The maximum absolute atomic E-state index is 5.75. The van der Waals surface area contributed by atoms with E-state index in [1.54, 1.807) is 0 Å². The molecule has 1 aliphatic rings. The van der Waals surface area contributed by atoms with Crippen LogP contribution in [-0.4, -0.2) is 60.4 Å². The summed E-state index contributed by atoms with van der Waals surface area (Å²) in [5.74, 6) is 2.04. The van der Waals surface area contributed by atoms with Gasteiger partial charge in [-0.25, -0.2) is 0 Å². The second-order valence-electron chi connectivity index (χ2n) is 5.71. The van der Waals surface area contributed by atoms with Gasteiger partial charge in [-0.2, -0.15) is 15.0 Å². The van der Waals surface area contributed by atoms with Crippen LogP contribution in [0.1, 0.15) is 27.7 Å². The van der Waals surface area contributed by atoms with E-state index in [4.69, 9.17) is 4.74 Å². The van der Waals surface area contributed by atoms with Crippen LogP contribution in [0, 0.1) is 0 Å². The van der Waals surface area contributed by atoms with E-state index in [0.717, 1.165) is 32.1 Å². The van der Waals surface area contributed by atoms with Crippen molar-refractivity contribution in [3.63, 3.8) is 0 Å². The van der Waals surface area contributed by atoms with E-state index in [-0.39, 0.29) is 5.60 Å². The molecule has 0 amide bonds. The Kier molecular flexibility index (Phi) is 4.82. The van der Waals surface area contributed by atoms with Crippen LogP contribution < -0.4 is 15.1 Å². The lowest BCUT2D eigenvalue weighted by molar-refractivity contribution is -0.0281. The van der Waals surface area contributed by atoms with Gasteiger partial charge < -0.3 is 19.9 Å². The molecule has 0 bridgehead atoms. The van der Waals surface area contributed by atoms with Crippen LogP contribution >= 0.6 is 0 Å². The van der Waals surface area contributed by atoms with Gasteiger partial charge >= 0.3 is 0 Å². The summed E-state index contributed by atoms with van der Waals surface area (Å²) >= 11 is 0. The van der Waals surface area contributed by atoms with Gasteiger partial charge in [0, 0.05) is 33.2 Å². The monoisotopic (exact) mass is 294 g/mol. The van der Waals surface area contributed by atoms with Crippen molar-refractivity contribution in [3.8, 4) is 0 Å². The molecule has 7 heteroatoms. The fourth-order valence-corrected chi connectivity index (χ4v) is 2.44. The maximum atomic E-state index is 5.75. The van der Waals surface area contributed by atoms with Gasteiger partial charge in [0.2, 0.25) is 17.8 Å². The molecule has 0 aromatic carbocycles. The minimum absolute atomic E-state index is 0.181. The molecule has 0 atom stereocenters. The van der Waals surface area contributed by atoms with E-state index in [1.807, 2.05) is 7.05 Å². The van der Waals surface area contributed by atoms with Crippen LogP contribution in [0.25, 0.3) is 0 Å². The van der Waals surface area contributed by atoms with Crippen LogP contribution in [0.4, 0.5) is 17.8 Å². The molecule has 1 aromatic heterocycles. The van der Waals surface area contributed by atoms with E-state index >= 15 is 0 Å². The number of rotatable bonds is 5. The quantitative estimate of drug-likeness (QED) is 0.880. The van der Waals surface area contributed by atoms with E-state index in [0.29, 0.717) is 18.5 Å².